The van der Waals surface area contributed by atoms with Crippen molar-refractivity contribution in [1.29, 1.82) is 0 Å². The van der Waals surface area contributed by atoms with Gasteiger partial charge in [0.15, 0.2) is 11.5 Å². The second-order valence-electron chi connectivity index (χ2n) is 8.96. The van der Waals surface area contributed by atoms with Crippen LogP contribution in [0.1, 0.15) is 12.5 Å². The summed E-state index contributed by atoms with van der Waals surface area (Å²) in [6.07, 6.45) is -4.94. The molecule has 1 N–H and O–H groups in total. The molecule has 15 heteroatoms. The fourth-order valence-electron chi connectivity index (χ4n) is 4.40. The first-order valence-corrected chi connectivity index (χ1v) is 13.5. The topological polar surface area (TPSA) is 128 Å². The minimum Gasteiger partial charge on any atom is -0.497 e. The number of rotatable bonds is 8. The van der Waals surface area contributed by atoms with Gasteiger partial charge >= 0.3 is 12.1 Å². The normalized spacial score (nSPS) is 15.3. The smallest absolute Gasteiger partial charge is 0.471 e. The van der Waals surface area contributed by atoms with E-state index >= 15 is 0 Å². The molecule has 210 valence electrons. The lowest BCUT2D eigenvalue weighted by molar-refractivity contribution is -0.170. The SMILES string of the molecule is COc1ccc(-c2nnc3ccc(OCCNS(=O)(=O)c4ccc5c(c4)CC(C)N5C(=O)C(F)(F)F)nn23)cc1. The summed E-state index contributed by atoms with van der Waals surface area (Å²) in [5, 5.41) is 12.6. The summed E-state index contributed by atoms with van der Waals surface area (Å²) >= 11 is 0. The Morgan fingerprint density at radius 1 is 1.10 bits per heavy atom. The molecule has 1 amide bonds. The third kappa shape index (κ3) is 5.29. The third-order valence-corrected chi connectivity index (χ3v) is 7.73. The molecule has 0 radical (unpaired) electrons. The van der Waals surface area contributed by atoms with Gasteiger partial charge in [0.25, 0.3) is 0 Å². The van der Waals surface area contributed by atoms with Gasteiger partial charge in [-0.1, -0.05) is 0 Å². The molecule has 40 heavy (non-hydrogen) atoms. The fourth-order valence-corrected chi connectivity index (χ4v) is 5.47. The molecule has 0 fully saturated rings. The summed E-state index contributed by atoms with van der Waals surface area (Å²) in [6, 6.07) is 13.3. The number of alkyl halides is 3. The van der Waals surface area contributed by atoms with Crippen molar-refractivity contribution in [3.05, 3.63) is 60.2 Å². The van der Waals surface area contributed by atoms with Crippen LogP contribution in [0, 0.1) is 0 Å². The Labute approximate surface area is 226 Å². The van der Waals surface area contributed by atoms with Gasteiger partial charge < -0.3 is 14.4 Å². The van der Waals surface area contributed by atoms with Gasteiger partial charge in [-0.25, -0.2) is 13.1 Å². The van der Waals surface area contributed by atoms with E-state index in [1.165, 1.54) is 29.6 Å². The van der Waals surface area contributed by atoms with Crippen LogP contribution in [0.25, 0.3) is 17.0 Å². The van der Waals surface area contributed by atoms with Crippen LogP contribution in [0.15, 0.2) is 59.5 Å². The molecule has 0 saturated heterocycles. The maximum Gasteiger partial charge on any atom is 0.471 e. The van der Waals surface area contributed by atoms with Gasteiger partial charge in [0.2, 0.25) is 15.9 Å². The number of methoxy groups -OCH3 is 1. The van der Waals surface area contributed by atoms with E-state index < -0.39 is 28.1 Å². The molecule has 3 heterocycles. The predicted octanol–water partition coefficient (Wildman–Crippen LogP) is 3.00. The summed E-state index contributed by atoms with van der Waals surface area (Å²) in [5.41, 5.74) is 1.62. The number of anilines is 1. The highest BCUT2D eigenvalue weighted by Crippen LogP contribution is 2.36. The van der Waals surface area contributed by atoms with Gasteiger partial charge in [0.05, 0.1) is 12.0 Å². The van der Waals surface area contributed by atoms with Crippen LogP contribution in [0.2, 0.25) is 0 Å². The highest BCUT2D eigenvalue weighted by Gasteiger charge is 2.47. The molecule has 0 saturated carbocycles. The second-order valence-corrected chi connectivity index (χ2v) is 10.7. The van der Waals surface area contributed by atoms with Gasteiger partial charge in [-0.15, -0.1) is 15.3 Å². The van der Waals surface area contributed by atoms with E-state index in [-0.39, 0.29) is 36.0 Å². The molecule has 2 aromatic carbocycles. The zero-order chi connectivity index (χ0) is 28.7. The Morgan fingerprint density at radius 3 is 2.55 bits per heavy atom. The Morgan fingerprint density at radius 2 is 1.85 bits per heavy atom. The molecule has 5 rings (SSSR count). The Hall–Kier alpha value is -4.24. The van der Waals surface area contributed by atoms with E-state index in [1.807, 2.05) is 12.1 Å². The number of halogens is 3. The zero-order valence-electron chi connectivity index (χ0n) is 21.2. The monoisotopic (exact) mass is 576 g/mol. The number of aromatic nitrogens is 4. The van der Waals surface area contributed by atoms with Gasteiger partial charge in [0, 0.05) is 29.9 Å². The van der Waals surface area contributed by atoms with E-state index in [2.05, 4.69) is 20.0 Å². The van der Waals surface area contributed by atoms with Crippen LogP contribution in [0.5, 0.6) is 11.6 Å². The fraction of sp³-hybridized carbons (Fsp3) is 0.280. The van der Waals surface area contributed by atoms with Crippen LogP contribution in [-0.2, 0) is 21.2 Å². The van der Waals surface area contributed by atoms with Crippen LogP contribution < -0.4 is 19.1 Å². The highest BCUT2D eigenvalue weighted by atomic mass is 32.2. The number of fused-ring (bicyclic) bond motifs is 2. The minimum atomic E-state index is -5.03. The summed E-state index contributed by atoms with van der Waals surface area (Å²) < 4.78 is 79.3. The van der Waals surface area contributed by atoms with Crippen LogP contribution in [-0.4, -0.2) is 66.6 Å². The lowest BCUT2D eigenvalue weighted by Gasteiger charge is -2.23. The maximum absolute atomic E-state index is 13.0. The Bertz CT molecular complexity index is 1670. The number of hydrogen-bond donors (Lipinski definition) is 1. The summed E-state index contributed by atoms with van der Waals surface area (Å²) in [6.45, 7) is 1.30. The van der Waals surface area contributed by atoms with E-state index in [0.717, 1.165) is 5.56 Å². The first-order chi connectivity index (χ1) is 19.0. The summed E-state index contributed by atoms with van der Waals surface area (Å²) in [5.74, 6) is -0.614. The lowest BCUT2D eigenvalue weighted by Crippen LogP contribution is -2.44. The van der Waals surface area contributed by atoms with Crippen molar-refractivity contribution >= 4 is 27.3 Å². The van der Waals surface area contributed by atoms with Crippen molar-refractivity contribution in [3.8, 4) is 23.0 Å². The van der Waals surface area contributed by atoms with Gasteiger partial charge in [-0.05, 0) is 67.4 Å². The average molecular weight is 577 g/mol. The number of sulfonamides is 1. The quantitative estimate of drug-likeness (QED) is 0.317. The molecule has 11 nitrogen and oxygen atoms in total. The van der Waals surface area contributed by atoms with Gasteiger partial charge in [-0.3, -0.25) is 4.79 Å². The number of nitrogens with one attached hydrogen (secondary N) is 1. The molecule has 2 aromatic heterocycles. The third-order valence-electron chi connectivity index (χ3n) is 6.27. The first-order valence-electron chi connectivity index (χ1n) is 12.0. The van der Waals surface area contributed by atoms with E-state index in [9.17, 15) is 26.4 Å². The number of carbonyl (C=O) groups is 1. The molecule has 1 aliphatic heterocycles. The zero-order valence-corrected chi connectivity index (χ0v) is 22.0. The van der Waals surface area contributed by atoms with Crippen LogP contribution in [0.3, 0.4) is 0 Å². The molecule has 1 atom stereocenters. The van der Waals surface area contributed by atoms with Crippen LogP contribution in [0.4, 0.5) is 18.9 Å². The number of nitrogens with zero attached hydrogens (tertiary/aromatic N) is 5. The molecular formula is C25H23F3N6O5S. The number of amides is 1. The van der Waals surface area contributed by atoms with Crippen molar-refractivity contribution in [2.24, 2.45) is 0 Å². The molecule has 1 unspecified atom stereocenters. The molecule has 0 bridgehead atoms. The first kappa shape index (κ1) is 27.3. The van der Waals surface area contributed by atoms with Crippen molar-refractivity contribution in [3.63, 3.8) is 0 Å². The van der Waals surface area contributed by atoms with E-state index in [1.54, 1.807) is 31.4 Å². The Kier molecular flexibility index (Phi) is 7.10. The van der Waals surface area contributed by atoms with Crippen molar-refractivity contribution in [2.75, 3.05) is 25.2 Å². The predicted molar refractivity (Wildman–Crippen MR) is 137 cm³/mol. The van der Waals surface area contributed by atoms with E-state index in [4.69, 9.17) is 9.47 Å². The average Bonchev–Trinajstić information content (AvgIpc) is 3.49. The number of carbonyl (C=O) groups excluding carboxylic acids is 1. The number of hydrogen-bond acceptors (Lipinski definition) is 8. The van der Waals surface area contributed by atoms with E-state index in [0.29, 0.717) is 27.7 Å². The van der Waals surface area contributed by atoms with Crippen molar-refractivity contribution in [1.82, 2.24) is 24.5 Å². The highest BCUT2D eigenvalue weighted by molar-refractivity contribution is 7.89. The number of ether oxygens (including phenoxy) is 2. The molecule has 0 spiro atoms. The van der Waals surface area contributed by atoms with Crippen LogP contribution >= 0.6 is 0 Å². The minimum absolute atomic E-state index is 0.0431. The lowest BCUT2D eigenvalue weighted by atomic mass is 10.1. The molecular weight excluding hydrogens is 553 g/mol. The van der Waals surface area contributed by atoms with Crippen molar-refractivity contribution in [2.45, 2.75) is 30.5 Å². The van der Waals surface area contributed by atoms with Gasteiger partial charge in [-0.2, -0.15) is 17.7 Å². The van der Waals surface area contributed by atoms with Crippen molar-refractivity contribution < 1.29 is 35.9 Å². The Balaban J connectivity index is 1.23. The molecule has 4 aromatic rings. The standard InChI is InChI=1S/C25H23F3N6O5S/c1-15-13-17-14-19(7-8-20(17)33(15)24(35)25(26,27)28)40(36,37)29-11-12-39-22-10-9-21-30-31-23(34(21)32-22)16-3-5-18(38-2)6-4-16/h3-10,14-15,29H,11-13H2,1-2H3. The maximum atomic E-state index is 13.0. The molecule has 1 aliphatic rings. The van der Waals surface area contributed by atoms with Gasteiger partial charge in [0.1, 0.15) is 12.4 Å². The summed E-state index contributed by atoms with van der Waals surface area (Å²) in [4.78, 5) is 12.3. The molecule has 0 aliphatic carbocycles. The summed E-state index contributed by atoms with van der Waals surface area (Å²) in [7, 11) is -2.44. The largest absolute Gasteiger partial charge is 0.497 e. The number of benzene rings is 2. The second kappa shape index (κ2) is 10.4.